The van der Waals surface area contributed by atoms with Crippen molar-refractivity contribution in [3.8, 4) is 0 Å². The Bertz CT molecular complexity index is 349. The van der Waals surface area contributed by atoms with Crippen LogP contribution < -0.4 is 4.90 Å². The third kappa shape index (κ3) is 3.20. The monoisotopic (exact) mass is 224 g/mol. The van der Waals surface area contributed by atoms with Gasteiger partial charge in [-0.25, -0.2) is 4.98 Å². The SMILES string of the molecule is COC(=O)CC(O)c1ccc(N(C)C)nc1. The van der Waals surface area contributed by atoms with Gasteiger partial charge in [-0.2, -0.15) is 0 Å². The van der Waals surface area contributed by atoms with E-state index >= 15 is 0 Å². The number of aliphatic hydroxyl groups excluding tert-OH is 1. The van der Waals surface area contributed by atoms with E-state index in [4.69, 9.17) is 0 Å². The van der Waals surface area contributed by atoms with E-state index < -0.39 is 12.1 Å². The highest BCUT2D eigenvalue weighted by Crippen LogP contribution is 2.18. The third-order valence-corrected chi connectivity index (χ3v) is 2.20. The Kier molecular flexibility index (Phi) is 4.25. The first kappa shape index (κ1) is 12.4. The lowest BCUT2D eigenvalue weighted by molar-refractivity contribution is -0.142. The maximum absolute atomic E-state index is 11.0. The summed E-state index contributed by atoms with van der Waals surface area (Å²) in [4.78, 5) is 17.0. The Labute approximate surface area is 94.7 Å². The number of pyridine rings is 1. The number of aliphatic hydroxyl groups is 1. The van der Waals surface area contributed by atoms with Crippen LogP contribution in [0, 0.1) is 0 Å². The molecule has 0 aliphatic carbocycles. The van der Waals surface area contributed by atoms with Crippen LogP contribution in [0.5, 0.6) is 0 Å². The van der Waals surface area contributed by atoms with Gasteiger partial charge in [0.2, 0.25) is 0 Å². The molecule has 1 atom stereocenters. The van der Waals surface area contributed by atoms with Gasteiger partial charge in [-0.3, -0.25) is 4.79 Å². The second kappa shape index (κ2) is 5.46. The van der Waals surface area contributed by atoms with Crippen molar-refractivity contribution in [2.24, 2.45) is 0 Å². The van der Waals surface area contributed by atoms with Crippen molar-refractivity contribution in [2.45, 2.75) is 12.5 Å². The molecule has 5 heteroatoms. The second-order valence-electron chi connectivity index (χ2n) is 3.64. The fourth-order valence-electron chi connectivity index (χ4n) is 1.22. The number of anilines is 1. The molecule has 1 N–H and O–H groups in total. The smallest absolute Gasteiger partial charge is 0.308 e. The minimum atomic E-state index is -0.865. The van der Waals surface area contributed by atoms with E-state index in [0.29, 0.717) is 5.56 Å². The van der Waals surface area contributed by atoms with Crippen LogP contribution in [0.3, 0.4) is 0 Å². The van der Waals surface area contributed by atoms with Crippen LogP contribution in [0.15, 0.2) is 18.3 Å². The standard InChI is InChI=1S/C11H16N2O3/c1-13(2)10-5-4-8(7-12-10)9(14)6-11(15)16-3/h4-5,7,9,14H,6H2,1-3H3. The van der Waals surface area contributed by atoms with Crippen LogP contribution in [0.1, 0.15) is 18.1 Å². The number of nitrogens with zero attached hydrogens (tertiary/aromatic N) is 2. The summed E-state index contributed by atoms with van der Waals surface area (Å²) in [5, 5.41) is 9.70. The topological polar surface area (TPSA) is 62.7 Å². The highest BCUT2D eigenvalue weighted by molar-refractivity contribution is 5.70. The van der Waals surface area contributed by atoms with Crippen LogP contribution in [-0.2, 0) is 9.53 Å². The third-order valence-electron chi connectivity index (χ3n) is 2.20. The predicted molar refractivity (Wildman–Crippen MR) is 60.2 cm³/mol. The van der Waals surface area contributed by atoms with E-state index in [1.54, 1.807) is 18.3 Å². The maximum Gasteiger partial charge on any atom is 0.308 e. The summed E-state index contributed by atoms with van der Waals surface area (Å²) in [6, 6.07) is 3.53. The van der Waals surface area contributed by atoms with Crippen LogP contribution in [0.4, 0.5) is 5.82 Å². The van der Waals surface area contributed by atoms with Crippen molar-refractivity contribution >= 4 is 11.8 Å². The molecular weight excluding hydrogens is 208 g/mol. The van der Waals surface area contributed by atoms with E-state index in [1.807, 2.05) is 19.0 Å². The van der Waals surface area contributed by atoms with E-state index in [-0.39, 0.29) is 6.42 Å². The molecule has 0 aliphatic rings. The first-order valence-electron chi connectivity index (χ1n) is 4.92. The average Bonchev–Trinajstić information content (AvgIpc) is 2.28. The Morgan fingerprint density at radius 2 is 2.25 bits per heavy atom. The van der Waals surface area contributed by atoms with Crippen molar-refractivity contribution in [3.05, 3.63) is 23.9 Å². The molecule has 0 radical (unpaired) electrons. The van der Waals surface area contributed by atoms with E-state index in [1.165, 1.54) is 7.11 Å². The van der Waals surface area contributed by atoms with Gasteiger partial charge in [0.25, 0.3) is 0 Å². The molecule has 1 aromatic heterocycles. The number of hydrogen-bond donors (Lipinski definition) is 1. The fourth-order valence-corrected chi connectivity index (χ4v) is 1.22. The molecule has 1 heterocycles. The van der Waals surface area contributed by atoms with Gasteiger partial charge in [0.1, 0.15) is 5.82 Å². The van der Waals surface area contributed by atoms with Crippen molar-refractivity contribution in [1.29, 1.82) is 0 Å². The molecule has 16 heavy (non-hydrogen) atoms. The van der Waals surface area contributed by atoms with Gasteiger partial charge in [-0.05, 0) is 11.6 Å². The molecule has 1 rings (SSSR count). The van der Waals surface area contributed by atoms with Crippen LogP contribution >= 0.6 is 0 Å². The first-order chi connectivity index (χ1) is 7.54. The fraction of sp³-hybridized carbons (Fsp3) is 0.455. The zero-order valence-electron chi connectivity index (χ0n) is 9.67. The van der Waals surface area contributed by atoms with Gasteiger partial charge in [0, 0.05) is 20.3 Å². The summed E-state index contributed by atoms with van der Waals surface area (Å²) in [7, 11) is 5.06. The molecule has 0 amide bonds. The van der Waals surface area contributed by atoms with Crippen LogP contribution in [0.2, 0.25) is 0 Å². The lowest BCUT2D eigenvalue weighted by Crippen LogP contribution is -2.12. The predicted octanol–water partition coefficient (Wildman–Crippen LogP) is 0.744. The summed E-state index contributed by atoms with van der Waals surface area (Å²) in [6.45, 7) is 0. The Hall–Kier alpha value is -1.62. The molecule has 5 nitrogen and oxygen atoms in total. The Morgan fingerprint density at radius 3 is 2.69 bits per heavy atom. The molecule has 0 saturated heterocycles. The number of hydrogen-bond acceptors (Lipinski definition) is 5. The molecule has 0 aromatic carbocycles. The molecule has 0 spiro atoms. The average molecular weight is 224 g/mol. The number of methoxy groups -OCH3 is 1. The van der Waals surface area contributed by atoms with Gasteiger partial charge in [-0.1, -0.05) is 6.07 Å². The normalized spacial score (nSPS) is 12.0. The first-order valence-corrected chi connectivity index (χ1v) is 4.92. The van der Waals surface area contributed by atoms with Gasteiger partial charge in [0.05, 0.1) is 19.6 Å². The maximum atomic E-state index is 11.0. The van der Waals surface area contributed by atoms with Crippen molar-refractivity contribution in [1.82, 2.24) is 4.98 Å². The summed E-state index contributed by atoms with van der Waals surface area (Å²) >= 11 is 0. The van der Waals surface area contributed by atoms with Crippen molar-refractivity contribution < 1.29 is 14.6 Å². The van der Waals surface area contributed by atoms with Gasteiger partial charge >= 0.3 is 5.97 Å². The zero-order valence-corrected chi connectivity index (χ0v) is 9.67. The molecule has 1 aromatic rings. The number of rotatable bonds is 4. The molecule has 1 unspecified atom stereocenters. The van der Waals surface area contributed by atoms with E-state index in [9.17, 15) is 9.90 Å². The zero-order chi connectivity index (χ0) is 12.1. The second-order valence-corrected chi connectivity index (χ2v) is 3.64. The number of carbonyl (C=O) groups excluding carboxylic acids is 1. The summed E-state index contributed by atoms with van der Waals surface area (Å²) in [5.41, 5.74) is 0.607. The van der Waals surface area contributed by atoms with Crippen LogP contribution in [0.25, 0.3) is 0 Å². The van der Waals surface area contributed by atoms with E-state index in [0.717, 1.165) is 5.82 Å². The minimum Gasteiger partial charge on any atom is -0.469 e. The molecule has 0 bridgehead atoms. The van der Waals surface area contributed by atoms with Crippen molar-refractivity contribution in [2.75, 3.05) is 26.1 Å². The molecule has 0 fully saturated rings. The molecule has 0 saturated carbocycles. The lowest BCUT2D eigenvalue weighted by atomic mass is 10.1. The van der Waals surface area contributed by atoms with Gasteiger partial charge in [0.15, 0.2) is 0 Å². The summed E-state index contributed by atoms with van der Waals surface area (Å²) in [5.74, 6) is 0.359. The van der Waals surface area contributed by atoms with Gasteiger partial charge in [-0.15, -0.1) is 0 Å². The highest BCUT2D eigenvalue weighted by atomic mass is 16.5. The number of ether oxygens (including phenoxy) is 1. The number of esters is 1. The molecule has 88 valence electrons. The quantitative estimate of drug-likeness (QED) is 0.764. The Balaban J connectivity index is 2.70. The summed E-state index contributed by atoms with van der Waals surface area (Å²) < 4.78 is 4.48. The van der Waals surface area contributed by atoms with Crippen LogP contribution in [-0.4, -0.2) is 37.3 Å². The lowest BCUT2D eigenvalue weighted by Gasteiger charge is -2.13. The molecule has 0 aliphatic heterocycles. The van der Waals surface area contributed by atoms with Crippen molar-refractivity contribution in [3.63, 3.8) is 0 Å². The largest absolute Gasteiger partial charge is 0.469 e. The molecular formula is C11H16N2O3. The Morgan fingerprint density at radius 1 is 1.56 bits per heavy atom. The highest BCUT2D eigenvalue weighted by Gasteiger charge is 2.13. The minimum absolute atomic E-state index is 0.0561. The summed E-state index contributed by atoms with van der Waals surface area (Å²) in [6.07, 6.45) is 0.638. The van der Waals surface area contributed by atoms with E-state index in [2.05, 4.69) is 9.72 Å². The number of aromatic nitrogens is 1. The van der Waals surface area contributed by atoms with Gasteiger partial charge < -0.3 is 14.7 Å². The number of carbonyl (C=O) groups is 1.